The topological polar surface area (TPSA) is 79.8 Å². The summed E-state index contributed by atoms with van der Waals surface area (Å²) in [7, 11) is 0. The predicted molar refractivity (Wildman–Crippen MR) is 130 cm³/mol. The number of hydrogen-bond donors (Lipinski definition) is 2. The predicted octanol–water partition coefficient (Wildman–Crippen LogP) is 4.62. The van der Waals surface area contributed by atoms with Crippen LogP contribution >= 0.6 is 0 Å². The summed E-state index contributed by atoms with van der Waals surface area (Å²) in [5.74, 6) is -0.789. The van der Waals surface area contributed by atoms with Gasteiger partial charge in [0.05, 0.1) is 6.21 Å². The van der Waals surface area contributed by atoms with Gasteiger partial charge in [0.25, 0.3) is 11.8 Å². The lowest BCUT2D eigenvalue weighted by Crippen LogP contribution is -2.48. The number of aryl methyl sites for hydroxylation is 1. The second-order valence-electron chi connectivity index (χ2n) is 8.28. The molecule has 3 aromatic rings. The van der Waals surface area contributed by atoms with Crippen LogP contribution in [0.5, 0.6) is 5.75 Å². The highest BCUT2D eigenvalue weighted by molar-refractivity contribution is 5.97. The lowest BCUT2D eigenvalue weighted by Gasteiger charge is -2.20. The second kappa shape index (κ2) is 11.7. The van der Waals surface area contributed by atoms with Gasteiger partial charge in [0.2, 0.25) is 0 Å². The summed E-state index contributed by atoms with van der Waals surface area (Å²) in [6.45, 7) is 6.15. The molecule has 1 atom stereocenters. The Bertz CT molecular complexity index is 1130. The first-order valence-corrected chi connectivity index (χ1v) is 11.0. The molecule has 0 saturated heterocycles. The van der Waals surface area contributed by atoms with E-state index in [1.54, 1.807) is 0 Å². The van der Waals surface area contributed by atoms with Crippen molar-refractivity contribution in [1.82, 2.24) is 10.7 Å². The minimum atomic E-state index is -0.799. The molecule has 2 N–H and O–H groups in total. The number of nitrogens with one attached hydrogen (secondary N) is 2. The number of carbonyl (C=O) groups excluding carboxylic acids is 2. The number of halogens is 1. The number of hydrazone groups is 1. The van der Waals surface area contributed by atoms with Gasteiger partial charge in [-0.15, -0.1) is 0 Å². The van der Waals surface area contributed by atoms with Crippen LogP contribution in [-0.2, 0) is 11.4 Å². The van der Waals surface area contributed by atoms with Gasteiger partial charge < -0.3 is 10.1 Å². The fraction of sp³-hybridized carbons (Fsp3) is 0.222. The molecule has 34 heavy (non-hydrogen) atoms. The van der Waals surface area contributed by atoms with E-state index in [2.05, 4.69) is 15.8 Å². The van der Waals surface area contributed by atoms with Gasteiger partial charge in [0.15, 0.2) is 0 Å². The van der Waals surface area contributed by atoms with Crippen molar-refractivity contribution in [3.05, 3.63) is 101 Å². The first-order chi connectivity index (χ1) is 16.3. The monoisotopic (exact) mass is 461 g/mol. The molecule has 176 valence electrons. The summed E-state index contributed by atoms with van der Waals surface area (Å²) < 4.78 is 18.9. The molecule has 6 nitrogen and oxygen atoms in total. The quantitative estimate of drug-likeness (QED) is 0.361. The van der Waals surface area contributed by atoms with Crippen LogP contribution in [0.4, 0.5) is 4.39 Å². The van der Waals surface area contributed by atoms with Crippen molar-refractivity contribution in [2.75, 3.05) is 0 Å². The lowest BCUT2D eigenvalue weighted by molar-refractivity contribution is -0.123. The van der Waals surface area contributed by atoms with Crippen LogP contribution in [0.25, 0.3) is 0 Å². The van der Waals surface area contributed by atoms with E-state index in [-0.39, 0.29) is 11.5 Å². The van der Waals surface area contributed by atoms with Crippen LogP contribution < -0.4 is 15.5 Å². The Labute approximate surface area is 198 Å². The van der Waals surface area contributed by atoms with Crippen molar-refractivity contribution in [2.45, 2.75) is 33.4 Å². The lowest BCUT2D eigenvalue weighted by atomic mass is 10.0. The molecule has 0 radical (unpaired) electrons. The zero-order valence-corrected chi connectivity index (χ0v) is 19.4. The zero-order valence-electron chi connectivity index (χ0n) is 19.4. The molecule has 2 amide bonds. The summed E-state index contributed by atoms with van der Waals surface area (Å²) in [5.41, 5.74) is 5.81. The number of carbonyl (C=O) groups is 2. The van der Waals surface area contributed by atoms with Crippen molar-refractivity contribution in [1.29, 1.82) is 0 Å². The Morgan fingerprint density at radius 1 is 0.971 bits per heavy atom. The molecule has 0 aromatic heterocycles. The molecule has 0 aliphatic rings. The van der Waals surface area contributed by atoms with E-state index in [4.69, 9.17) is 4.74 Å². The molecule has 0 spiro atoms. The van der Waals surface area contributed by atoms with Crippen molar-refractivity contribution < 1.29 is 18.7 Å². The number of ether oxygens (including phenoxy) is 1. The third kappa shape index (κ3) is 7.27. The normalized spacial score (nSPS) is 11.9. The van der Waals surface area contributed by atoms with E-state index in [0.717, 1.165) is 16.9 Å². The molecule has 0 heterocycles. The van der Waals surface area contributed by atoms with E-state index in [0.29, 0.717) is 6.61 Å². The number of amides is 2. The molecule has 3 aromatic carbocycles. The molecule has 0 bridgehead atoms. The number of hydrogen-bond acceptors (Lipinski definition) is 4. The molecule has 0 fully saturated rings. The van der Waals surface area contributed by atoms with Crippen LogP contribution in [-0.4, -0.2) is 24.1 Å². The Kier molecular flexibility index (Phi) is 8.51. The van der Waals surface area contributed by atoms with Gasteiger partial charge in [-0.3, -0.25) is 9.59 Å². The fourth-order valence-electron chi connectivity index (χ4n) is 3.10. The highest BCUT2D eigenvalue weighted by Gasteiger charge is 2.24. The smallest absolute Gasteiger partial charge is 0.262 e. The minimum Gasteiger partial charge on any atom is -0.489 e. The van der Waals surface area contributed by atoms with Gasteiger partial charge in [-0.2, -0.15) is 5.10 Å². The van der Waals surface area contributed by atoms with E-state index in [1.165, 1.54) is 36.0 Å². The summed E-state index contributed by atoms with van der Waals surface area (Å²) in [5, 5.41) is 6.68. The van der Waals surface area contributed by atoms with Crippen molar-refractivity contribution in [2.24, 2.45) is 11.0 Å². The van der Waals surface area contributed by atoms with E-state index in [9.17, 15) is 14.0 Å². The first kappa shape index (κ1) is 24.6. The average Bonchev–Trinajstić information content (AvgIpc) is 2.83. The van der Waals surface area contributed by atoms with Gasteiger partial charge in [-0.25, -0.2) is 9.82 Å². The van der Waals surface area contributed by atoms with E-state index >= 15 is 0 Å². The Hall–Kier alpha value is -4.00. The maximum absolute atomic E-state index is 13.1. The van der Waals surface area contributed by atoms with Crippen molar-refractivity contribution >= 4 is 18.0 Å². The molecule has 7 heteroatoms. The third-order valence-electron chi connectivity index (χ3n) is 5.14. The average molecular weight is 462 g/mol. The van der Waals surface area contributed by atoms with Gasteiger partial charge in [0, 0.05) is 5.56 Å². The van der Waals surface area contributed by atoms with Crippen LogP contribution in [0, 0.1) is 18.7 Å². The van der Waals surface area contributed by atoms with Gasteiger partial charge in [-0.05, 0) is 72.5 Å². The SMILES string of the molecule is Cc1ccc(COc2ccc(/C=N/NC(=O)C(NC(=O)c3ccc(F)cc3)C(C)C)cc2)cc1. The molecule has 1 unspecified atom stereocenters. The Morgan fingerprint density at radius 2 is 1.62 bits per heavy atom. The van der Waals surface area contributed by atoms with Crippen molar-refractivity contribution in [3.63, 3.8) is 0 Å². The molecule has 0 aliphatic carbocycles. The molecular formula is C27H28FN3O3. The highest BCUT2D eigenvalue weighted by Crippen LogP contribution is 2.14. The Balaban J connectivity index is 1.52. The maximum Gasteiger partial charge on any atom is 0.262 e. The minimum absolute atomic E-state index is 0.176. The maximum atomic E-state index is 13.1. The van der Waals surface area contributed by atoms with Crippen LogP contribution in [0.1, 0.15) is 40.9 Å². The van der Waals surface area contributed by atoms with Gasteiger partial charge in [-0.1, -0.05) is 43.7 Å². The summed E-state index contributed by atoms with van der Waals surface area (Å²) in [6, 6.07) is 19.8. The van der Waals surface area contributed by atoms with Gasteiger partial charge >= 0.3 is 0 Å². The standard InChI is InChI=1S/C27H28FN3O3/c1-18(2)25(30-26(32)22-10-12-23(28)13-11-22)27(33)31-29-16-20-8-14-24(15-9-20)34-17-21-6-4-19(3)5-7-21/h4-16,18,25H,17H2,1-3H3,(H,30,32)(H,31,33)/b29-16+. The summed E-state index contributed by atoms with van der Waals surface area (Å²) in [4.78, 5) is 25.0. The van der Waals surface area contributed by atoms with E-state index in [1.807, 2.05) is 69.3 Å². The van der Waals surface area contributed by atoms with Gasteiger partial charge in [0.1, 0.15) is 24.2 Å². The zero-order chi connectivity index (χ0) is 24.5. The number of benzene rings is 3. The fourth-order valence-corrected chi connectivity index (χ4v) is 3.10. The second-order valence-corrected chi connectivity index (χ2v) is 8.28. The molecule has 0 aliphatic heterocycles. The first-order valence-electron chi connectivity index (χ1n) is 11.0. The summed E-state index contributed by atoms with van der Waals surface area (Å²) in [6.07, 6.45) is 1.51. The highest BCUT2D eigenvalue weighted by atomic mass is 19.1. The molecule has 3 rings (SSSR count). The van der Waals surface area contributed by atoms with Crippen LogP contribution in [0.2, 0.25) is 0 Å². The number of rotatable bonds is 9. The summed E-state index contributed by atoms with van der Waals surface area (Å²) >= 11 is 0. The number of nitrogens with zero attached hydrogens (tertiary/aromatic N) is 1. The third-order valence-corrected chi connectivity index (χ3v) is 5.14. The van der Waals surface area contributed by atoms with Crippen molar-refractivity contribution in [3.8, 4) is 5.75 Å². The van der Waals surface area contributed by atoms with Crippen LogP contribution in [0.3, 0.4) is 0 Å². The Morgan fingerprint density at radius 3 is 2.24 bits per heavy atom. The molecular weight excluding hydrogens is 433 g/mol. The van der Waals surface area contributed by atoms with E-state index < -0.39 is 23.7 Å². The van der Waals surface area contributed by atoms with Crippen LogP contribution in [0.15, 0.2) is 77.9 Å². The molecule has 0 saturated carbocycles. The largest absolute Gasteiger partial charge is 0.489 e.